The molecule has 1 aromatic heterocycles. The van der Waals surface area contributed by atoms with Crippen molar-refractivity contribution in [1.82, 2.24) is 10.3 Å². The second-order valence-corrected chi connectivity index (χ2v) is 6.00. The Bertz CT molecular complexity index is 450. The first-order chi connectivity index (χ1) is 9.65. The highest BCUT2D eigenvalue weighted by molar-refractivity contribution is 5.49. The van der Waals surface area contributed by atoms with Crippen molar-refractivity contribution in [2.24, 2.45) is 5.92 Å². The first kappa shape index (κ1) is 14.9. The number of pyridine rings is 1. The van der Waals surface area contributed by atoms with Gasteiger partial charge in [-0.05, 0) is 43.0 Å². The van der Waals surface area contributed by atoms with Crippen molar-refractivity contribution in [1.29, 1.82) is 0 Å². The van der Waals surface area contributed by atoms with Gasteiger partial charge in [0.2, 0.25) is 0 Å². The monoisotopic (exact) mass is 273 g/mol. The van der Waals surface area contributed by atoms with Gasteiger partial charge in [-0.3, -0.25) is 0 Å². The molecule has 1 aliphatic rings. The molecule has 1 saturated carbocycles. The van der Waals surface area contributed by atoms with E-state index >= 15 is 0 Å². The van der Waals surface area contributed by atoms with Gasteiger partial charge in [0.1, 0.15) is 5.82 Å². The zero-order chi connectivity index (χ0) is 14.5. The van der Waals surface area contributed by atoms with E-state index in [0.29, 0.717) is 6.04 Å². The Labute approximate surface area is 123 Å². The van der Waals surface area contributed by atoms with E-state index in [1.807, 2.05) is 6.20 Å². The molecule has 0 radical (unpaired) electrons. The normalized spacial score (nSPS) is 21.1. The fraction of sp³-hybridized carbons (Fsp3) is 0.588. The van der Waals surface area contributed by atoms with Crippen molar-refractivity contribution < 1.29 is 0 Å². The molecule has 1 fully saturated rings. The van der Waals surface area contributed by atoms with E-state index in [4.69, 9.17) is 4.98 Å². The summed E-state index contributed by atoms with van der Waals surface area (Å²) in [6.45, 7) is 9.07. The lowest BCUT2D eigenvalue weighted by Crippen LogP contribution is -2.42. The molecule has 0 unspecified atom stereocenters. The van der Waals surface area contributed by atoms with Gasteiger partial charge in [0, 0.05) is 31.4 Å². The van der Waals surface area contributed by atoms with Crippen LogP contribution < -0.4 is 10.2 Å². The van der Waals surface area contributed by atoms with Gasteiger partial charge >= 0.3 is 0 Å². The second kappa shape index (κ2) is 6.78. The molecule has 2 rings (SSSR count). The smallest absolute Gasteiger partial charge is 0.133 e. The van der Waals surface area contributed by atoms with Crippen LogP contribution in [0, 0.1) is 5.92 Å². The first-order valence-corrected chi connectivity index (χ1v) is 7.70. The molecule has 20 heavy (non-hydrogen) atoms. The molecule has 1 aromatic rings. The Hall–Kier alpha value is -1.51. The van der Waals surface area contributed by atoms with Crippen LogP contribution in [0.15, 0.2) is 25.0 Å². The Kier molecular flexibility index (Phi) is 5.05. The summed E-state index contributed by atoms with van der Waals surface area (Å²) in [5.41, 5.74) is 2.60. The van der Waals surface area contributed by atoms with Crippen LogP contribution in [0.3, 0.4) is 0 Å². The summed E-state index contributed by atoms with van der Waals surface area (Å²) < 4.78 is 0. The minimum atomic E-state index is 0.650. The van der Waals surface area contributed by atoms with E-state index in [-0.39, 0.29) is 0 Å². The van der Waals surface area contributed by atoms with E-state index in [1.54, 1.807) is 6.20 Å². The number of hydrogen-bond acceptors (Lipinski definition) is 3. The largest absolute Gasteiger partial charge is 0.387 e. The van der Waals surface area contributed by atoms with Gasteiger partial charge in [-0.1, -0.05) is 26.8 Å². The van der Waals surface area contributed by atoms with E-state index in [2.05, 4.69) is 43.8 Å². The Morgan fingerprint density at radius 3 is 2.85 bits per heavy atom. The number of hydrogen-bond donors (Lipinski definition) is 1. The topological polar surface area (TPSA) is 28.2 Å². The average Bonchev–Trinajstić information content (AvgIpc) is 2.41. The first-order valence-electron chi connectivity index (χ1n) is 7.70. The molecular weight excluding hydrogens is 246 g/mol. The molecule has 0 amide bonds. The summed E-state index contributed by atoms with van der Waals surface area (Å²) in [5, 5.41) is 3.21. The van der Waals surface area contributed by atoms with Crippen LogP contribution in [-0.2, 0) is 13.0 Å². The number of anilines is 1. The summed E-state index contributed by atoms with van der Waals surface area (Å²) in [7, 11) is 2.18. The van der Waals surface area contributed by atoms with Crippen molar-refractivity contribution in [3.8, 4) is 0 Å². The fourth-order valence-corrected chi connectivity index (χ4v) is 2.96. The molecule has 0 saturated heterocycles. The zero-order valence-electron chi connectivity index (χ0n) is 13.0. The lowest BCUT2D eigenvalue weighted by Gasteiger charge is -2.41. The van der Waals surface area contributed by atoms with Gasteiger partial charge in [0.05, 0.1) is 0 Å². The lowest BCUT2D eigenvalue weighted by molar-refractivity contribution is 0.280. The van der Waals surface area contributed by atoms with Crippen molar-refractivity contribution in [3.63, 3.8) is 0 Å². The molecule has 3 nitrogen and oxygen atoms in total. The summed E-state index contributed by atoms with van der Waals surface area (Å²) in [5.74, 6) is 1.98. The third-order valence-electron chi connectivity index (χ3n) is 4.21. The van der Waals surface area contributed by atoms with Crippen molar-refractivity contribution in [3.05, 3.63) is 36.2 Å². The van der Waals surface area contributed by atoms with Gasteiger partial charge in [0.25, 0.3) is 0 Å². The van der Waals surface area contributed by atoms with Gasteiger partial charge in [-0.25, -0.2) is 4.98 Å². The van der Waals surface area contributed by atoms with Crippen LogP contribution >= 0.6 is 0 Å². The number of nitrogens with zero attached hydrogens (tertiary/aromatic N) is 2. The van der Waals surface area contributed by atoms with Crippen LogP contribution in [0.5, 0.6) is 0 Å². The maximum absolute atomic E-state index is 4.73. The summed E-state index contributed by atoms with van der Waals surface area (Å²) >= 11 is 0. The Balaban J connectivity index is 2.18. The van der Waals surface area contributed by atoms with E-state index in [1.165, 1.54) is 24.0 Å². The third-order valence-corrected chi connectivity index (χ3v) is 4.21. The predicted octanol–water partition coefficient (Wildman–Crippen LogP) is 3.50. The Morgan fingerprint density at radius 1 is 1.50 bits per heavy atom. The molecule has 0 aromatic carbocycles. The average molecular weight is 273 g/mol. The maximum atomic E-state index is 4.73. The second-order valence-electron chi connectivity index (χ2n) is 6.00. The molecule has 0 spiro atoms. The third kappa shape index (κ3) is 3.33. The molecule has 0 bridgehead atoms. The van der Waals surface area contributed by atoms with Crippen molar-refractivity contribution >= 4 is 5.82 Å². The van der Waals surface area contributed by atoms with Gasteiger partial charge < -0.3 is 10.2 Å². The molecular formula is C17H27N3. The maximum Gasteiger partial charge on any atom is 0.133 e. The van der Waals surface area contributed by atoms with Gasteiger partial charge in [-0.2, -0.15) is 0 Å². The van der Waals surface area contributed by atoms with Crippen LogP contribution in [0.4, 0.5) is 5.82 Å². The van der Waals surface area contributed by atoms with E-state index in [0.717, 1.165) is 31.1 Å². The van der Waals surface area contributed by atoms with E-state index < -0.39 is 0 Å². The highest BCUT2D eigenvalue weighted by Gasteiger charge is 2.30. The molecule has 0 aliphatic heterocycles. The Morgan fingerprint density at radius 2 is 2.25 bits per heavy atom. The van der Waals surface area contributed by atoms with Crippen LogP contribution in [0.1, 0.15) is 44.2 Å². The van der Waals surface area contributed by atoms with Crippen molar-refractivity contribution in [2.45, 2.75) is 52.1 Å². The lowest BCUT2D eigenvalue weighted by atomic mass is 9.81. The fourth-order valence-electron chi connectivity index (χ4n) is 2.96. The van der Waals surface area contributed by atoms with E-state index in [9.17, 15) is 0 Å². The van der Waals surface area contributed by atoms with Gasteiger partial charge in [0.15, 0.2) is 0 Å². The van der Waals surface area contributed by atoms with Crippen LogP contribution in [0.25, 0.3) is 0 Å². The van der Waals surface area contributed by atoms with Crippen molar-refractivity contribution in [2.75, 3.05) is 11.9 Å². The standard InChI is InChI=1S/C17H27N3/c1-5-7-14-10-15(12-18-6-2)17(19-11-14)20(4)16-8-13(3)9-16/h6,10-11,13,16,18H,2,5,7-9,12H2,1,3-4H3. The molecule has 1 aliphatic carbocycles. The summed E-state index contributed by atoms with van der Waals surface area (Å²) in [6, 6.07) is 2.94. The molecule has 1 heterocycles. The summed E-state index contributed by atoms with van der Waals surface area (Å²) in [6.07, 6.45) is 8.60. The molecule has 110 valence electrons. The zero-order valence-corrected chi connectivity index (χ0v) is 13.0. The summed E-state index contributed by atoms with van der Waals surface area (Å²) in [4.78, 5) is 7.09. The van der Waals surface area contributed by atoms with Gasteiger partial charge in [-0.15, -0.1) is 0 Å². The molecule has 0 atom stereocenters. The molecule has 1 N–H and O–H groups in total. The number of aromatic nitrogens is 1. The van der Waals surface area contributed by atoms with Crippen LogP contribution in [-0.4, -0.2) is 18.1 Å². The predicted molar refractivity (Wildman–Crippen MR) is 85.9 cm³/mol. The SMILES string of the molecule is C=CNCc1cc(CCC)cnc1N(C)C1CC(C)C1. The molecule has 3 heteroatoms. The number of rotatable bonds is 7. The van der Waals surface area contributed by atoms with Crippen LogP contribution in [0.2, 0.25) is 0 Å². The highest BCUT2D eigenvalue weighted by Crippen LogP contribution is 2.33. The highest BCUT2D eigenvalue weighted by atomic mass is 15.2. The minimum absolute atomic E-state index is 0.650. The number of nitrogens with one attached hydrogen (secondary N) is 1. The number of aryl methyl sites for hydroxylation is 1. The quantitative estimate of drug-likeness (QED) is 0.824. The minimum Gasteiger partial charge on any atom is -0.387 e.